The summed E-state index contributed by atoms with van der Waals surface area (Å²) in [4.78, 5) is 45.4. The first kappa shape index (κ1) is 26.3. The molecule has 0 aromatic heterocycles. The molecule has 36 heavy (non-hydrogen) atoms. The molecule has 3 aliphatic heterocycles. The van der Waals surface area contributed by atoms with E-state index in [2.05, 4.69) is 4.90 Å². The van der Waals surface area contributed by atoms with Crippen molar-refractivity contribution in [1.82, 2.24) is 19.6 Å². The zero-order valence-electron chi connectivity index (χ0n) is 21.9. The van der Waals surface area contributed by atoms with Crippen LogP contribution in [0.5, 0.6) is 0 Å². The number of hydrogen-bond donors (Lipinski definition) is 0. The summed E-state index contributed by atoms with van der Waals surface area (Å²) in [5.41, 5.74) is 0.498. The number of likely N-dealkylation sites (tertiary alicyclic amines) is 2. The van der Waals surface area contributed by atoms with E-state index in [1.165, 1.54) is 0 Å². The number of rotatable bonds is 5. The van der Waals surface area contributed by atoms with Gasteiger partial charge in [0.25, 0.3) is 0 Å². The molecular formula is C27H40N4O5. The lowest BCUT2D eigenvalue weighted by Gasteiger charge is -2.43. The van der Waals surface area contributed by atoms with Crippen LogP contribution in [0.25, 0.3) is 0 Å². The quantitative estimate of drug-likeness (QED) is 0.618. The zero-order valence-corrected chi connectivity index (χ0v) is 21.9. The molecule has 0 atom stereocenters. The van der Waals surface area contributed by atoms with Gasteiger partial charge >= 0.3 is 12.2 Å². The third kappa shape index (κ3) is 7.12. The van der Waals surface area contributed by atoms with Gasteiger partial charge in [-0.25, -0.2) is 9.59 Å². The lowest BCUT2D eigenvalue weighted by molar-refractivity contribution is -0.138. The molecule has 0 saturated carbocycles. The maximum atomic E-state index is 13.1. The van der Waals surface area contributed by atoms with Crippen molar-refractivity contribution in [1.29, 1.82) is 0 Å². The largest absolute Gasteiger partial charge is 0.445 e. The molecule has 3 fully saturated rings. The van der Waals surface area contributed by atoms with Gasteiger partial charge in [-0.15, -0.1) is 0 Å². The molecule has 9 heteroatoms. The standard InChI is InChI=1S/C27H40N4O5/c1-27(2,3)36-26(34)31-18-22(19-31)17-28-11-9-23(10-12-28)24(32)29-13-15-30(16-14-29)25(33)35-20-21-7-5-4-6-8-21/h4-8,22-23H,9-20H2,1-3H3. The van der Waals surface area contributed by atoms with E-state index in [1.54, 1.807) is 9.80 Å². The highest BCUT2D eigenvalue weighted by molar-refractivity contribution is 5.79. The summed E-state index contributed by atoms with van der Waals surface area (Å²) in [5.74, 6) is 0.740. The highest BCUT2D eigenvalue weighted by Gasteiger charge is 2.36. The molecule has 9 nitrogen and oxygen atoms in total. The summed E-state index contributed by atoms with van der Waals surface area (Å²) >= 11 is 0. The maximum Gasteiger partial charge on any atom is 0.410 e. The van der Waals surface area contributed by atoms with Crippen LogP contribution in [0.3, 0.4) is 0 Å². The first-order valence-electron chi connectivity index (χ1n) is 13.1. The van der Waals surface area contributed by atoms with Gasteiger partial charge in [-0.05, 0) is 52.3 Å². The Morgan fingerprint density at radius 3 is 2.06 bits per heavy atom. The Kier molecular flexibility index (Phi) is 8.39. The molecule has 0 unspecified atom stereocenters. The number of amides is 3. The highest BCUT2D eigenvalue weighted by atomic mass is 16.6. The summed E-state index contributed by atoms with van der Waals surface area (Å²) in [7, 11) is 0. The second-order valence-electron chi connectivity index (χ2n) is 11.2. The summed E-state index contributed by atoms with van der Waals surface area (Å²) in [6, 6.07) is 9.64. The number of nitrogens with zero attached hydrogens (tertiary/aromatic N) is 4. The molecule has 0 bridgehead atoms. The monoisotopic (exact) mass is 500 g/mol. The number of hydrogen-bond acceptors (Lipinski definition) is 6. The maximum absolute atomic E-state index is 13.1. The van der Waals surface area contributed by atoms with Crippen molar-refractivity contribution >= 4 is 18.1 Å². The molecule has 1 aromatic carbocycles. The number of piperidine rings is 1. The Morgan fingerprint density at radius 1 is 0.833 bits per heavy atom. The van der Waals surface area contributed by atoms with Crippen molar-refractivity contribution in [2.45, 2.75) is 45.8 Å². The van der Waals surface area contributed by atoms with Crippen LogP contribution in [0.2, 0.25) is 0 Å². The van der Waals surface area contributed by atoms with Crippen molar-refractivity contribution in [3.8, 4) is 0 Å². The predicted molar refractivity (Wildman–Crippen MR) is 135 cm³/mol. The van der Waals surface area contributed by atoms with E-state index in [9.17, 15) is 14.4 Å². The molecule has 0 spiro atoms. The molecule has 3 saturated heterocycles. The summed E-state index contributed by atoms with van der Waals surface area (Å²) in [6.07, 6.45) is 1.18. The Hall–Kier alpha value is -2.81. The van der Waals surface area contributed by atoms with E-state index in [4.69, 9.17) is 9.47 Å². The molecule has 4 rings (SSSR count). The second-order valence-corrected chi connectivity index (χ2v) is 11.2. The Labute approximate surface area is 214 Å². The van der Waals surface area contributed by atoms with Gasteiger partial charge in [0, 0.05) is 57.6 Å². The van der Waals surface area contributed by atoms with E-state index >= 15 is 0 Å². The third-order valence-electron chi connectivity index (χ3n) is 7.12. The first-order chi connectivity index (χ1) is 17.2. The van der Waals surface area contributed by atoms with Crippen LogP contribution in [0, 0.1) is 11.8 Å². The minimum atomic E-state index is -0.463. The van der Waals surface area contributed by atoms with Crippen LogP contribution < -0.4 is 0 Å². The molecule has 3 aliphatic rings. The van der Waals surface area contributed by atoms with E-state index < -0.39 is 5.60 Å². The average Bonchev–Trinajstić information content (AvgIpc) is 2.84. The normalized spacial score (nSPS) is 20.1. The van der Waals surface area contributed by atoms with E-state index in [0.717, 1.165) is 51.1 Å². The van der Waals surface area contributed by atoms with Gasteiger partial charge in [0.05, 0.1) is 0 Å². The minimum absolute atomic E-state index is 0.0532. The van der Waals surface area contributed by atoms with Gasteiger partial charge in [-0.3, -0.25) is 4.79 Å². The Morgan fingerprint density at radius 2 is 1.44 bits per heavy atom. The molecule has 0 radical (unpaired) electrons. The van der Waals surface area contributed by atoms with Crippen LogP contribution in [0.15, 0.2) is 30.3 Å². The lowest BCUT2D eigenvalue weighted by atomic mass is 9.93. The van der Waals surface area contributed by atoms with E-state index in [-0.39, 0.29) is 30.6 Å². The van der Waals surface area contributed by atoms with Crippen molar-refractivity contribution in [2.24, 2.45) is 11.8 Å². The molecule has 3 heterocycles. The number of carbonyl (C=O) groups is 3. The smallest absolute Gasteiger partial charge is 0.410 e. The molecule has 0 N–H and O–H groups in total. The number of carbonyl (C=O) groups excluding carboxylic acids is 3. The van der Waals surface area contributed by atoms with Gasteiger partial charge in [-0.1, -0.05) is 30.3 Å². The number of benzene rings is 1. The lowest BCUT2D eigenvalue weighted by Crippen LogP contribution is -2.56. The van der Waals surface area contributed by atoms with Crippen molar-refractivity contribution < 1.29 is 23.9 Å². The van der Waals surface area contributed by atoms with Crippen LogP contribution in [0.4, 0.5) is 9.59 Å². The zero-order chi connectivity index (χ0) is 25.7. The topological polar surface area (TPSA) is 82.6 Å². The predicted octanol–water partition coefficient (Wildman–Crippen LogP) is 3.05. The van der Waals surface area contributed by atoms with Crippen molar-refractivity contribution in [2.75, 3.05) is 58.9 Å². The Bertz CT molecular complexity index is 896. The van der Waals surface area contributed by atoms with Gasteiger partial charge in [0.1, 0.15) is 12.2 Å². The van der Waals surface area contributed by atoms with Gasteiger partial charge < -0.3 is 29.1 Å². The fourth-order valence-corrected chi connectivity index (χ4v) is 5.07. The van der Waals surface area contributed by atoms with Gasteiger partial charge in [-0.2, -0.15) is 0 Å². The summed E-state index contributed by atoms with van der Waals surface area (Å²) in [5, 5.41) is 0. The van der Waals surface area contributed by atoms with Crippen LogP contribution in [-0.4, -0.2) is 102 Å². The molecule has 1 aromatic rings. The molecule has 3 amide bonds. The minimum Gasteiger partial charge on any atom is -0.445 e. The number of piperazine rings is 1. The number of ether oxygens (including phenoxy) is 2. The van der Waals surface area contributed by atoms with Gasteiger partial charge in [0.2, 0.25) is 5.91 Å². The molecular weight excluding hydrogens is 460 g/mol. The third-order valence-corrected chi connectivity index (χ3v) is 7.12. The summed E-state index contributed by atoms with van der Waals surface area (Å²) in [6.45, 7) is 12.3. The molecule has 198 valence electrons. The van der Waals surface area contributed by atoms with Crippen LogP contribution in [0.1, 0.15) is 39.2 Å². The Balaban J connectivity index is 1.11. The van der Waals surface area contributed by atoms with E-state index in [0.29, 0.717) is 32.1 Å². The fourth-order valence-electron chi connectivity index (χ4n) is 5.07. The highest BCUT2D eigenvalue weighted by Crippen LogP contribution is 2.25. The average molecular weight is 501 g/mol. The van der Waals surface area contributed by atoms with Crippen LogP contribution >= 0.6 is 0 Å². The van der Waals surface area contributed by atoms with Crippen LogP contribution in [-0.2, 0) is 20.9 Å². The first-order valence-corrected chi connectivity index (χ1v) is 13.1. The van der Waals surface area contributed by atoms with Gasteiger partial charge in [0.15, 0.2) is 0 Å². The fraction of sp³-hybridized carbons (Fsp3) is 0.667. The summed E-state index contributed by atoms with van der Waals surface area (Å²) < 4.78 is 10.9. The SMILES string of the molecule is CC(C)(C)OC(=O)N1CC(CN2CCC(C(=O)N3CCN(C(=O)OCc4ccccc4)CC3)CC2)C1. The van der Waals surface area contributed by atoms with Crippen molar-refractivity contribution in [3.05, 3.63) is 35.9 Å². The van der Waals surface area contributed by atoms with Crippen molar-refractivity contribution in [3.63, 3.8) is 0 Å². The second kappa shape index (κ2) is 11.5. The molecule has 0 aliphatic carbocycles. The van der Waals surface area contributed by atoms with E-state index in [1.807, 2.05) is 56.0 Å².